The molecule has 0 aromatic carbocycles. The summed E-state index contributed by atoms with van der Waals surface area (Å²) >= 11 is 0. The molecule has 1 aliphatic carbocycles. The molecule has 3 atom stereocenters. The Morgan fingerprint density at radius 1 is 1.24 bits per heavy atom. The van der Waals surface area contributed by atoms with E-state index in [1.165, 1.54) is 6.92 Å². The Hall–Kier alpha value is -1.85. The standard InChI is InChI=1S/C15H22O6/c1-9(2)14(18)20-8-10(3)21-15(19)12-7-5-4-6-11(12)13(16)17/h10-12H,1,4-8H2,2-3H3,(H,16,17). The van der Waals surface area contributed by atoms with Gasteiger partial charge in [-0.1, -0.05) is 19.4 Å². The number of esters is 2. The third-order valence-corrected chi connectivity index (χ3v) is 3.50. The predicted molar refractivity (Wildman–Crippen MR) is 74.4 cm³/mol. The van der Waals surface area contributed by atoms with Gasteiger partial charge in [-0.05, 0) is 26.7 Å². The van der Waals surface area contributed by atoms with Crippen molar-refractivity contribution in [1.82, 2.24) is 0 Å². The van der Waals surface area contributed by atoms with Gasteiger partial charge in [0.2, 0.25) is 0 Å². The van der Waals surface area contributed by atoms with E-state index < -0.39 is 35.8 Å². The highest BCUT2D eigenvalue weighted by Gasteiger charge is 2.37. The monoisotopic (exact) mass is 298 g/mol. The van der Waals surface area contributed by atoms with Crippen molar-refractivity contribution in [2.24, 2.45) is 11.8 Å². The Kier molecular flexibility index (Phi) is 6.39. The number of hydrogen-bond donors (Lipinski definition) is 1. The molecule has 0 radical (unpaired) electrons. The van der Waals surface area contributed by atoms with Gasteiger partial charge in [0, 0.05) is 5.57 Å². The fraction of sp³-hybridized carbons (Fsp3) is 0.667. The number of carboxylic acid groups (broad SMARTS) is 1. The number of ether oxygens (including phenoxy) is 2. The first kappa shape index (κ1) is 17.2. The van der Waals surface area contributed by atoms with Gasteiger partial charge in [0.25, 0.3) is 0 Å². The molecular formula is C15H22O6. The highest BCUT2D eigenvalue weighted by Crippen LogP contribution is 2.31. The van der Waals surface area contributed by atoms with E-state index in [2.05, 4.69) is 6.58 Å². The molecule has 1 rings (SSSR count). The van der Waals surface area contributed by atoms with Crippen molar-refractivity contribution in [2.75, 3.05) is 6.61 Å². The van der Waals surface area contributed by atoms with Gasteiger partial charge in [-0.25, -0.2) is 4.79 Å². The zero-order valence-corrected chi connectivity index (χ0v) is 12.5. The summed E-state index contributed by atoms with van der Waals surface area (Å²) in [5.41, 5.74) is 0.270. The van der Waals surface area contributed by atoms with Crippen molar-refractivity contribution < 1.29 is 29.0 Å². The first-order chi connectivity index (χ1) is 9.82. The van der Waals surface area contributed by atoms with Crippen molar-refractivity contribution >= 4 is 17.9 Å². The van der Waals surface area contributed by atoms with E-state index in [0.29, 0.717) is 12.8 Å². The van der Waals surface area contributed by atoms with Crippen LogP contribution in [0.2, 0.25) is 0 Å². The Morgan fingerprint density at radius 3 is 2.33 bits per heavy atom. The van der Waals surface area contributed by atoms with Gasteiger partial charge in [-0.15, -0.1) is 0 Å². The SMILES string of the molecule is C=C(C)C(=O)OCC(C)OC(=O)C1CCCCC1C(=O)O. The van der Waals surface area contributed by atoms with Crippen LogP contribution in [0.3, 0.4) is 0 Å². The topological polar surface area (TPSA) is 89.9 Å². The van der Waals surface area contributed by atoms with Crippen molar-refractivity contribution in [1.29, 1.82) is 0 Å². The third-order valence-electron chi connectivity index (χ3n) is 3.50. The van der Waals surface area contributed by atoms with E-state index in [0.717, 1.165) is 12.8 Å². The van der Waals surface area contributed by atoms with Crippen LogP contribution >= 0.6 is 0 Å². The molecule has 0 spiro atoms. The van der Waals surface area contributed by atoms with Gasteiger partial charge in [0.05, 0.1) is 11.8 Å². The Bertz CT molecular complexity index is 428. The molecule has 0 heterocycles. The lowest BCUT2D eigenvalue weighted by molar-refractivity contribution is -0.166. The van der Waals surface area contributed by atoms with Crippen LogP contribution < -0.4 is 0 Å². The van der Waals surface area contributed by atoms with E-state index in [-0.39, 0.29) is 12.2 Å². The molecule has 21 heavy (non-hydrogen) atoms. The van der Waals surface area contributed by atoms with E-state index in [4.69, 9.17) is 14.6 Å². The van der Waals surface area contributed by atoms with Gasteiger partial charge in [0.1, 0.15) is 12.7 Å². The summed E-state index contributed by atoms with van der Waals surface area (Å²) in [4.78, 5) is 34.5. The molecule has 1 saturated carbocycles. The largest absolute Gasteiger partial charge is 0.481 e. The Balaban J connectivity index is 2.49. The summed E-state index contributed by atoms with van der Waals surface area (Å²) in [5.74, 6) is -3.33. The maximum absolute atomic E-state index is 12.1. The minimum absolute atomic E-state index is 0.0676. The summed E-state index contributed by atoms with van der Waals surface area (Å²) in [5, 5.41) is 9.14. The van der Waals surface area contributed by atoms with Crippen molar-refractivity contribution in [3.63, 3.8) is 0 Å². The number of aliphatic carboxylic acids is 1. The summed E-state index contributed by atoms with van der Waals surface area (Å²) in [6, 6.07) is 0. The molecule has 0 bridgehead atoms. The number of carbonyl (C=O) groups is 3. The maximum atomic E-state index is 12.1. The number of carbonyl (C=O) groups excluding carboxylic acids is 2. The molecule has 6 heteroatoms. The minimum atomic E-state index is -0.960. The van der Waals surface area contributed by atoms with Gasteiger partial charge < -0.3 is 14.6 Å². The summed E-state index contributed by atoms with van der Waals surface area (Å²) in [7, 11) is 0. The highest BCUT2D eigenvalue weighted by molar-refractivity contribution is 5.87. The minimum Gasteiger partial charge on any atom is -0.481 e. The fourth-order valence-electron chi connectivity index (χ4n) is 2.34. The van der Waals surface area contributed by atoms with Crippen LogP contribution in [0, 0.1) is 11.8 Å². The lowest BCUT2D eigenvalue weighted by Gasteiger charge is -2.27. The first-order valence-corrected chi connectivity index (χ1v) is 7.08. The molecule has 0 saturated heterocycles. The first-order valence-electron chi connectivity index (χ1n) is 7.08. The Labute approximate surface area is 124 Å². The van der Waals surface area contributed by atoms with Crippen LogP contribution in [0.1, 0.15) is 39.5 Å². The van der Waals surface area contributed by atoms with E-state index >= 15 is 0 Å². The molecule has 0 aromatic heterocycles. The van der Waals surface area contributed by atoms with Crippen LogP contribution in [-0.2, 0) is 23.9 Å². The molecule has 1 N–H and O–H groups in total. The molecule has 118 valence electrons. The summed E-state index contributed by atoms with van der Waals surface area (Å²) in [6.45, 7) is 6.51. The lowest BCUT2D eigenvalue weighted by Crippen LogP contribution is -2.36. The third kappa shape index (κ3) is 5.21. The maximum Gasteiger partial charge on any atom is 0.333 e. The molecule has 0 aromatic rings. The van der Waals surface area contributed by atoms with Gasteiger partial charge in [-0.2, -0.15) is 0 Å². The average molecular weight is 298 g/mol. The predicted octanol–water partition coefficient (Wildman–Crippen LogP) is 1.93. The summed E-state index contributed by atoms with van der Waals surface area (Å²) in [6.07, 6.45) is 2.04. The number of rotatable bonds is 6. The molecule has 0 amide bonds. The van der Waals surface area contributed by atoms with Gasteiger partial charge in [0.15, 0.2) is 0 Å². The molecule has 1 fully saturated rings. The number of carboxylic acids is 1. The Morgan fingerprint density at radius 2 is 1.81 bits per heavy atom. The van der Waals surface area contributed by atoms with Crippen molar-refractivity contribution in [3.05, 3.63) is 12.2 Å². The number of hydrogen-bond acceptors (Lipinski definition) is 5. The van der Waals surface area contributed by atoms with E-state index in [1.54, 1.807) is 6.92 Å². The van der Waals surface area contributed by atoms with Gasteiger partial charge >= 0.3 is 17.9 Å². The van der Waals surface area contributed by atoms with E-state index in [9.17, 15) is 14.4 Å². The van der Waals surface area contributed by atoms with Crippen LogP contribution in [0.5, 0.6) is 0 Å². The normalized spacial score (nSPS) is 23.0. The average Bonchev–Trinajstić information content (AvgIpc) is 2.44. The van der Waals surface area contributed by atoms with Gasteiger partial charge in [-0.3, -0.25) is 9.59 Å². The second kappa shape index (κ2) is 7.81. The molecule has 1 aliphatic rings. The fourth-order valence-corrected chi connectivity index (χ4v) is 2.34. The summed E-state index contributed by atoms with van der Waals surface area (Å²) < 4.78 is 10.1. The lowest BCUT2D eigenvalue weighted by atomic mass is 9.79. The molecule has 0 aliphatic heterocycles. The van der Waals surface area contributed by atoms with Crippen LogP contribution in [0.15, 0.2) is 12.2 Å². The highest BCUT2D eigenvalue weighted by atomic mass is 16.6. The van der Waals surface area contributed by atoms with Crippen molar-refractivity contribution in [3.8, 4) is 0 Å². The molecular weight excluding hydrogens is 276 g/mol. The molecule has 6 nitrogen and oxygen atoms in total. The van der Waals surface area contributed by atoms with Crippen molar-refractivity contribution in [2.45, 2.75) is 45.6 Å². The van der Waals surface area contributed by atoms with Crippen LogP contribution in [0.4, 0.5) is 0 Å². The smallest absolute Gasteiger partial charge is 0.333 e. The molecule has 3 unspecified atom stereocenters. The second-order valence-corrected chi connectivity index (χ2v) is 5.46. The zero-order valence-electron chi connectivity index (χ0n) is 12.5. The second-order valence-electron chi connectivity index (χ2n) is 5.46. The zero-order chi connectivity index (χ0) is 16.0. The van der Waals surface area contributed by atoms with E-state index in [1.807, 2.05) is 0 Å². The van der Waals surface area contributed by atoms with Crippen LogP contribution in [0.25, 0.3) is 0 Å². The van der Waals surface area contributed by atoms with Crippen LogP contribution in [-0.4, -0.2) is 35.7 Å². The quantitative estimate of drug-likeness (QED) is 0.595.